The van der Waals surface area contributed by atoms with Gasteiger partial charge in [0, 0.05) is 17.0 Å². The van der Waals surface area contributed by atoms with Crippen LogP contribution in [0.3, 0.4) is 0 Å². The molecule has 4 rings (SSSR count). The molecule has 0 amide bonds. The molecular weight excluding hydrogens is 362 g/mol. The van der Waals surface area contributed by atoms with Gasteiger partial charge >= 0.3 is 0 Å². The van der Waals surface area contributed by atoms with E-state index in [9.17, 15) is 0 Å². The quantitative estimate of drug-likeness (QED) is 0.414. The molecule has 0 aliphatic rings. The Morgan fingerprint density at radius 3 is 2.62 bits per heavy atom. The lowest BCUT2D eigenvalue weighted by Gasteiger charge is -2.10. The Bertz CT molecular complexity index is 1040. The zero-order valence-corrected chi connectivity index (χ0v) is 16.0. The lowest BCUT2D eigenvalue weighted by Crippen LogP contribution is -2.03. The van der Waals surface area contributed by atoms with Crippen LogP contribution in [0.2, 0.25) is 5.02 Å². The van der Waals surface area contributed by atoms with E-state index in [2.05, 4.69) is 40.7 Å². The van der Waals surface area contributed by atoms with Crippen molar-refractivity contribution in [2.24, 2.45) is 0 Å². The van der Waals surface area contributed by atoms with Crippen molar-refractivity contribution >= 4 is 34.5 Å². The van der Waals surface area contributed by atoms with Crippen LogP contribution in [0.25, 0.3) is 11.2 Å². The molecule has 0 N–H and O–H groups in total. The summed E-state index contributed by atoms with van der Waals surface area (Å²) in [7, 11) is 0. The van der Waals surface area contributed by atoms with Crippen LogP contribution in [0, 0.1) is 6.92 Å². The van der Waals surface area contributed by atoms with Crippen molar-refractivity contribution in [3.05, 3.63) is 88.6 Å². The highest BCUT2D eigenvalue weighted by Crippen LogP contribution is 2.28. The van der Waals surface area contributed by atoms with Crippen LogP contribution in [0.4, 0.5) is 0 Å². The van der Waals surface area contributed by atoms with Crippen LogP contribution >= 0.6 is 23.4 Å². The number of pyridine rings is 1. The second-order valence-electron chi connectivity index (χ2n) is 6.19. The molecule has 2 heterocycles. The second kappa shape index (κ2) is 7.52. The standard InChI is InChI=1S/C21H18ClN3S/c1-15-8-10-16(11-9-15)14-26-21-24-19-7-4-12-23-20(19)25(21)13-17-5-2-3-6-18(17)22/h2-12H,13-14H2,1H3. The lowest BCUT2D eigenvalue weighted by atomic mass is 10.2. The fraction of sp³-hybridized carbons (Fsp3) is 0.143. The topological polar surface area (TPSA) is 30.7 Å². The molecule has 0 aliphatic heterocycles. The van der Waals surface area contributed by atoms with Crippen molar-refractivity contribution in [2.75, 3.05) is 0 Å². The number of benzene rings is 2. The maximum Gasteiger partial charge on any atom is 0.170 e. The van der Waals surface area contributed by atoms with Gasteiger partial charge < -0.3 is 0 Å². The third kappa shape index (κ3) is 3.62. The predicted octanol–water partition coefficient (Wildman–Crippen LogP) is 5.73. The Kier molecular flexibility index (Phi) is 4.96. The summed E-state index contributed by atoms with van der Waals surface area (Å²) in [6.07, 6.45) is 1.81. The monoisotopic (exact) mass is 379 g/mol. The van der Waals surface area contributed by atoms with Gasteiger partial charge in [-0.3, -0.25) is 4.57 Å². The lowest BCUT2D eigenvalue weighted by molar-refractivity contribution is 0.724. The second-order valence-corrected chi connectivity index (χ2v) is 7.54. The van der Waals surface area contributed by atoms with Gasteiger partial charge in [0.25, 0.3) is 0 Å². The van der Waals surface area contributed by atoms with E-state index in [-0.39, 0.29) is 0 Å². The first kappa shape index (κ1) is 17.1. The van der Waals surface area contributed by atoms with Crippen LogP contribution in [0.15, 0.2) is 72.0 Å². The van der Waals surface area contributed by atoms with Crippen LogP contribution in [0.1, 0.15) is 16.7 Å². The number of hydrogen-bond donors (Lipinski definition) is 0. The molecule has 0 saturated heterocycles. The maximum atomic E-state index is 6.37. The molecule has 0 saturated carbocycles. The number of nitrogens with zero attached hydrogens (tertiary/aromatic N) is 3. The molecule has 0 atom stereocenters. The van der Waals surface area contributed by atoms with Gasteiger partial charge in [-0.2, -0.15) is 0 Å². The zero-order chi connectivity index (χ0) is 17.9. The van der Waals surface area contributed by atoms with Crippen LogP contribution in [-0.2, 0) is 12.3 Å². The van der Waals surface area contributed by atoms with Crippen molar-refractivity contribution in [1.82, 2.24) is 14.5 Å². The highest BCUT2D eigenvalue weighted by atomic mass is 35.5. The number of hydrogen-bond acceptors (Lipinski definition) is 3. The molecular formula is C21H18ClN3S. The van der Waals surface area contributed by atoms with Gasteiger partial charge in [0.05, 0.1) is 6.54 Å². The Balaban J connectivity index is 1.67. The molecule has 130 valence electrons. The predicted molar refractivity (Wildman–Crippen MR) is 109 cm³/mol. The summed E-state index contributed by atoms with van der Waals surface area (Å²) in [6.45, 7) is 2.76. The summed E-state index contributed by atoms with van der Waals surface area (Å²) < 4.78 is 2.15. The van der Waals surface area contributed by atoms with E-state index < -0.39 is 0 Å². The third-order valence-corrected chi connectivity index (χ3v) is 5.66. The van der Waals surface area contributed by atoms with Crippen molar-refractivity contribution in [2.45, 2.75) is 24.4 Å². The number of halogens is 1. The molecule has 0 spiro atoms. The largest absolute Gasteiger partial charge is 0.299 e. The Morgan fingerprint density at radius 2 is 1.81 bits per heavy atom. The summed E-state index contributed by atoms with van der Waals surface area (Å²) >= 11 is 8.10. The van der Waals surface area contributed by atoms with Gasteiger partial charge in [0.1, 0.15) is 5.52 Å². The third-order valence-electron chi connectivity index (χ3n) is 4.24. The van der Waals surface area contributed by atoms with E-state index in [0.717, 1.165) is 32.7 Å². The molecule has 2 aromatic carbocycles. The molecule has 4 aromatic rings. The van der Waals surface area contributed by atoms with Crippen LogP contribution in [-0.4, -0.2) is 14.5 Å². The van der Waals surface area contributed by atoms with E-state index >= 15 is 0 Å². The van der Waals surface area contributed by atoms with Gasteiger partial charge in [0.15, 0.2) is 10.8 Å². The highest BCUT2D eigenvalue weighted by Gasteiger charge is 2.14. The first-order valence-corrected chi connectivity index (χ1v) is 9.80. The number of aryl methyl sites for hydroxylation is 1. The SMILES string of the molecule is Cc1ccc(CSc2nc3cccnc3n2Cc2ccccc2Cl)cc1. The molecule has 0 bridgehead atoms. The van der Waals surface area contributed by atoms with Gasteiger partial charge in [-0.25, -0.2) is 9.97 Å². The fourth-order valence-corrected chi connectivity index (χ4v) is 3.97. The summed E-state index contributed by atoms with van der Waals surface area (Å²) in [6, 6.07) is 20.5. The molecule has 26 heavy (non-hydrogen) atoms. The van der Waals surface area contributed by atoms with Gasteiger partial charge in [-0.1, -0.05) is 71.4 Å². The average Bonchev–Trinajstić information content (AvgIpc) is 3.01. The van der Waals surface area contributed by atoms with Gasteiger partial charge in [-0.15, -0.1) is 0 Å². The fourth-order valence-electron chi connectivity index (χ4n) is 2.82. The van der Waals surface area contributed by atoms with E-state index in [1.54, 1.807) is 11.8 Å². The Morgan fingerprint density at radius 1 is 1.00 bits per heavy atom. The normalized spacial score (nSPS) is 11.2. The molecule has 0 radical (unpaired) electrons. The zero-order valence-electron chi connectivity index (χ0n) is 14.4. The number of fused-ring (bicyclic) bond motifs is 1. The summed E-state index contributed by atoms with van der Waals surface area (Å²) in [5.41, 5.74) is 5.42. The highest BCUT2D eigenvalue weighted by molar-refractivity contribution is 7.98. The molecule has 0 aliphatic carbocycles. The number of aromatic nitrogens is 3. The number of thioether (sulfide) groups is 1. The first-order valence-electron chi connectivity index (χ1n) is 8.44. The maximum absolute atomic E-state index is 6.37. The van der Waals surface area contributed by atoms with E-state index in [4.69, 9.17) is 16.6 Å². The minimum atomic E-state index is 0.656. The summed E-state index contributed by atoms with van der Waals surface area (Å²) in [5, 5.41) is 1.72. The van der Waals surface area contributed by atoms with E-state index in [1.807, 2.05) is 42.6 Å². The van der Waals surface area contributed by atoms with Gasteiger partial charge in [0.2, 0.25) is 0 Å². The minimum Gasteiger partial charge on any atom is -0.299 e. The van der Waals surface area contributed by atoms with Crippen molar-refractivity contribution in [3.63, 3.8) is 0 Å². The van der Waals surface area contributed by atoms with Crippen molar-refractivity contribution in [1.29, 1.82) is 0 Å². The van der Waals surface area contributed by atoms with Crippen molar-refractivity contribution < 1.29 is 0 Å². The van der Waals surface area contributed by atoms with Crippen LogP contribution in [0.5, 0.6) is 0 Å². The number of imidazole rings is 1. The molecule has 3 nitrogen and oxygen atoms in total. The first-order chi connectivity index (χ1) is 12.7. The summed E-state index contributed by atoms with van der Waals surface area (Å²) in [4.78, 5) is 9.33. The molecule has 5 heteroatoms. The van der Waals surface area contributed by atoms with E-state index in [1.165, 1.54) is 11.1 Å². The van der Waals surface area contributed by atoms with E-state index in [0.29, 0.717) is 6.54 Å². The van der Waals surface area contributed by atoms with Crippen LogP contribution < -0.4 is 0 Å². The smallest absolute Gasteiger partial charge is 0.170 e. The molecule has 0 unspecified atom stereocenters. The Hall–Kier alpha value is -2.30. The molecule has 2 aromatic heterocycles. The number of rotatable bonds is 5. The van der Waals surface area contributed by atoms with Crippen molar-refractivity contribution in [3.8, 4) is 0 Å². The average molecular weight is 380 g/mol. The Labute approximate surface area is 162 Å². The molecule has 0 fully saturated rings. The summed E-state index contributed by atoms with van der Waals surface area (Å²) in [5.74, 6) is 0.867. The van der Waals surface area contributed by atoms with Gasteiger partial charge in [-0.05, 0) is 36.2 Å². The minimum absolute atomic E-state index is 0.656.